The molecule has 2 unspecified atom stereocenters. The van der Waals surface area contributed by atoms with E-state index in [0.717, 1.165) is 12.1 Å². The van der Waals surface area contributed by atoms with E-state index >= 15 is 0 Å². The summed E-state index contributed by atoms with van der Waals surface area (Å²) in [5.41, 5.74) is -1.02. The second-order valence-electron chi connectivity index (χ2n) is 7.61. The minimum Gasteiger partial charge on any atom is -0.389 e. The lowest BCUT2D eigenvalue weighted by Crippen LogP contribution is -2.47. The molecular formula is C19H25F3N4O3. The molecule has 0 amide bonds. The molecule has 10 heteroatoms. The van der Waals surface area contributed by atoms with Crippen LogP contribution < -0.4 is 5.32 Å². The molecule has 4 atom stereocenters. The monoisotopic (exact) mass is 414 g/mol. The van der Waals surface area contributed by atoms with E-state index in [-0.39, 0.29) is 31.7 Å². The van der Waals surface area contributed by atoms with Crippen LogP contribution in [0.2, 0.25) is 0 Å². The lowest BCUT2D eigenvalue weighted by Gasteiger charge is -2.40. The van der Waals surface area contributed by atoms with Gasteiger partial charge in [0.25, 0.3) is 0 Å². The van der Waals surface area contributed by atoms with E-state index in [1.165, 1.54) is 23.9 Å². The summed E-state index contributed by atoms with van der Waals surface area (Å²) in [7, 11) is 1.49. The van der Waals surface area contributed by atoms with Gasteiger partial charge in [-0.25, -0.2) is 4.68 Å². The molecule has 1 saturated heterocycles. The van der Waals surface area contributed by atoms with E-state index in [0.29, 0.717) is 17.7 Å². The quantitative estimate of drug-likeness (QED) is 0.670. The van der Waals surface area contributed by atoms with Crippen molar-refractivity contribution in [2.24, 2.45) is 0 Å². The van der Waals surface area contributed by atoms with Gasteiger partial charge in [-0.15, -0.1) is 5.10 Å². The van der Waals surface area contributed by atoms with Gasteiger partial charge in [0.15, 0.2) is 0 Å². The van der Waals surface area contributed by atoms with Crippen molar-refractivity contribution in [2.45, 2.75) is 56.3 Å². The average molecular weight is 414 g/mol. The van der Waals surface area contributed by atoms with Crippen LogP contribution in [0.4, 0.5) is 13.2 Å². The van der Waals surface area contributed by atoms with Crippen molar-refractivity contribution in [1.82, 2.24) is 20.3 Å². The first-order valence-electron chi connectivity index (χ1n) is 9.34. The van der Waals surface area contributed by atoms with Gasteiger partial charge in [-0.2, -0.15) is 13.2 Å². The fourth-order valence-corrected chi connectivity index (χ4v) is 3.81. The van der Waals surface area contributed by atoms with Crippen molar-refractivity contribution in [2.75, 3.05) is 13.7 Å². The van der Waals surface area contributed by atoms with Crippen LogP contribution in [-0.4, -0.2) is 51.1 Å². The first kappa shape index (κ1) is 21.7. The molecule has 1 aliphatic rings. The van der Waals surface area contributed by atoms with Crippen LogP contribution in [0.15, 0.2) is 30.5 Å². The molecule has 160 valence electrons. The highest BCUT2D eigenvalue weighted by Gasteiger charge is 2.41. The Kier molecular flexibility index (Phi) is 6.27. The number of nitrogens with one attached hydrogen (secondary N) is 1. The zero-order chi connectivity index (χ0) is 21.2. The van der Waals surface area contributed by atoms with Crippen molar-refractivity contribution < 1.29 is 28.1 Å². The molecule has 0 bridgehead atoms. The minimum atomic E-state index is -4.42. The summed E-state index contributed by atoms with van der Waals surface area (Å²) in [5.74, 6) is 0. The standard InChI is InChI=1S/C19H25F3N4O3/c1-12-7-18(28,13-3-5-14(6-4-13)19(20,21)22)8-16(23-12)17-10-26(25-24-17)9-15(27)11-29-2/h3-6,10,12,15-16,23,27-28H,7-9,11H2,1-2H3/t12-,15?,16-,18?/m0/s1. The SMILES string of the molecule is COCC(O)Cn1cc([C@@H]2CC(O)(c3ccc(C(F)(F)F)cc3)C[C@H](C)N2)nn1. The van der Waals surface area contributed by atoms with Crippen LogP contribution in [-0.2, 0) is 23.1 Å². The molecule has 1 aromatic carbocycles. The molecule has 1 fully saturated rings. The molecule has 1 aliphatic heterocycles. The molecule has 0 radical (unpaired) electrons. The number of piperidine rings is 1. The lowest BCUT2D eigenvalue weighted by molar-refractivity contribution is -0.137. The van der Waals surface area contributed by atoms with Crippen molar-refractivity contribution in [1.29, 1.82) is 0 Å². The smallest absolute Gasteiger partial charge is 0.389 e. The summed E-state index contributed by atoms with van der Waals surface area (Å²) < 4.78 is 44.9. The van der Waals surface area contributed by atoms with E-state index < -0.39 is 23.4 Å². The fourth-order valence-electron chi connectivity index (χ4n) is 3.81. The Balaban J connectivity index is 1.77. The zero-order valence-electron chi connectivity index (χ0n) is 16.2. The highest BCUT2D eigenvalue weighted by Crippen LogP contribution is 2.40. The molecule has 2 aromatic rings. The van der Waals surface area contributed by atoms with E-state index in [4.69, 9.17) is 4.74 Å². The number of rotatable bonds is 6. The lowest BCUT2D eigenvalue weighted by atomic mass is 9.78. The van der Waals surface area contributed by atoms with E-state index in [2.05, 4.69) is 15.6 Å². The first-order chi connectivity index (χ1) is 13.6. The summed E-state index contributed by atoms with van der Waals surface area (Å²) in [6.07, 6.45) is -2.87. The van der Waals surface area contributed by atoms with Gasteiger partial charge < -0.3 is 20.3 Å². The number of aliphatic hydroxyl groups is 2. The van der Waals surface area contributed by atoms with Crippen LogP contribution in [0.5, 0.6) is 0 Å². The van der Waals surface area contributed by atoms with Crippen molar-refractivity contribution >= 4 is 0 Å². The zero-order valence-corrected chi connectivity index (χ0v) is 16.2. The Morgan fingerprint density at radius 3 is 2.62 bits per heavy atom. The van der Waals surface area contributed by atoms with E-state index in [1.807, 2.05) is 6.92 Å². The van der Waals surface area contributed by atoms with Crippen molar-refractivity contribution in [3.8, 4) is 0 Å². The number of halogens is 3. The largest absolute Gasteiger partial charge is 0.416 e. The number of alkyl halides is 3. The minimum absolute atomic E-state index is 0.0923. The normalized spacial score (nSPS) is 26.4. The molecule has 7 nitrogen and oxygen atoms in total. The maximum atomic E-state index is 12.8. The fraction of sp³-hybridized carbons (Fsp3) is 0.579. The summed E-state index contributed by atoms with van der Waals surface area (Å²) >= 11 is 0. The topological polar surface area (TPSA) is 92.4 Å². The Bertz CT molecular complexity index is 812. The number of aliphatic hydroxyl groups excluding tert-OH is 1. The number of ether oxygens (including phenoxy) is 1. The summed E-state index contributed by atoms with van der Waals surface area (Å²) in [6.45, 7) is 2.28. The van der Waals surface area contributed by atoms with Crippen molar-refractivity contribution in [3.63, 3.8) is 0 Å². The predicted molar refractivity (Wildman–Crippen MR) is 97.8 cm³/mol. The third-order valence-electron chi connectivity index (χ3n) is 5.09. The van der Waals surface area contributed by atoms with E-state index in [1.54, 1.807) is 6.20 Å². The van der Waals surface area contributed by atoms with Gasteiger partial charge in [-0.1, -0.05) is 17.3 Å². The third kappa shape index (κ3) is 5.13. The average Bonchev–Trinajstić information content (AvgIpc) is 3.09. The number of hydrogen-bond acceptors (Lipinski definition) is 6. The maximum Gasteiger partial charge on any atom is 0.416 e. The predicted octanol–water partition coefficient (Wildman–Crippen LogP) is 2.00. The highest BCUT2D eigenvalue weighted by molar-refractivity contribution is 5.30. The second-order valence-corrected chi connectivity index (χ2v) is 7.61. The van der Waals surface area contributed by atoms with E-state index in [9.17, 15) is 23.4 Å². The number of hydrogen-bond donors (Lipinski definition) is 3. The van der Waals surface area contributed by atoms with Gasteiger partial charge in [0.2, 0.25) is 0 Å². The van der Waals surface area contributed by atoms with Gasteiger partial charge in [0.05, 0.1) is 48.4 Å². The molecule has 3 rings (SSSR count). The summed E-state index contributed by atoms with van der Waals surface area (Å²) in [6, 6.07) is 4.21. The molecule has 29 heavy (non-hydrogen) atoms. The van der Waals surface area contributed by atoms with Gasteiger partial charge in [-0.3, -0.25) is 0 Å². The van der Waals surface area contributed by atoms with Gasteiger partial charge in [-0.05, 0) is 31.0 Å². The maximum absolute atomic E-state index is 12.8. The Morgan fingerprint density at radius 1 is 1.31 bits per heavy atom. The molecule has 0 spiro atoms. The Labute approximate surface area is 166 Å². The van der Waals surface area contributed by atoms with Crippen LogP contribution in [0, 0.1) is 0 Å². The Morgan fingerprint density at radius 2 is 2.00 bits per heavy atom. The molecule has 0 saturated carbocycles. The molecule has 1 aromatic heterocycles. The number of aromatic nitrogens is 3. The second kappa shape index (κ2) is 8.39. The molecule has 2 heterocycles. The number of methoxy groups -OCH3 is 1. The van der Waals surface area contributed by atoms with Crippen LogP contribution >= 0.6 is 0 Å². The summed E-state index contributed by atoms with van der Waals surface area (Å²) in [4.78, 5) is 0. The number of benzene rings is 1. The molecule has 3 N–H and O–H groups in total. The van der Waals surface area contributed by atoms with Gasteiger partial charge in [0.1, 0.15) is 0 Å². The van der Waals surface area contributed by atoms with Crippen LogP contribution in [0.3, 0.4) is 0 Å². The third-order valence-corrected chi connectivity index (χ3v) is 5.09. The van der Waals surface area contributed by atoms with Crippen molar-refractivity contribution in [3.05, 3.63) is 47.3 Å². The van der Waals surface area contributed by atoms with Crippen LogP contribution in [0.1, 0.15) is 42.6 Å². The first-order valence-corrected chi connectivity index (χ1v) is 9.34. The molecule has 0 aliphatic carbocycles. The van der Waals surface area contributed by atoms with Gasteiger partial charge in [0, 0.05) is 19.6 Å². The van der Waals surface area contributed by atoms with Gasteiger partial charge >= 0.3 is 6.18 Å². The number of nitrogens with zero attached hydrogens (tertiary/aromatic N) is 3. The van der Waals surface area contributed by atoms with Crippen LogP contribution in [0.25, 0.3) is 0 Å². The molecular weight excluding hydrogens is 389 g/mol. The highest BCUT2D eigenvalue weighted by atomic mass is 19.4. The summed E-state index contributed by atoms with van der Waals surface area (Å²) in [5, 5.41) is 32.5. The Hall–Kier alpha value is -2.01.